The van der Waals surface area contributed by atoms with Gasteiger partial charge in [0.1, 0.15) is 0 Å². The highest BCUT2D eigenvalue weighted by molar-refractivity contribution is 6.06. The Labute approximate surface area is 137 Å². The first-order chi connectivity index (χ1) is 11.0. The lowest BCUT2D eigenvalue weighted by molar-refractivity contribution is -0.166. The molecule has 0 amide bonds. The second-order valence-electron chi connectivity index (χ2n) is 5.99. The third-order valence-electron chi connectivity index (χ3n) is 4.26. The van der Waals surface area contributed by atoms with Crippen molar-refractivity contribution >= 4 is 11.9 Å². The van der Waals surface area contributed by atoms with Gasteiger partial charge < -0.3 is 9.47 Å². The normalized spacial score (nSPS) is 22.6. The van der Waals surface area contributed by atoms with Crippen LogP contribution in [0.2, 0.25) is 0 Å². The topological polar surface area (TPSA) is 64.6 Å². The maximum absolute atomic E-state index is 12.7. The van der Waals surface area contributed by atoms with Gasteiger partial charge >= 0.3 is 11.9 Å². The summed E-state index contributed by atoms with van der Waals surface area (Å²) in [6.45, 7) is 7.87. The van der Waals surface area contributed by atoms with E-state index >= 15 is 0 Å². The number of esters is 2. The van der Waals surface area contributed by atoms with Crippen molar-refractivity contribution in [2.24, 2.45) is 0 Å². The van der Waals surface area contributed by atoms with Gasteiger partial charge in [0, 0.05) is 12.0 Å². The summed E-state index contributed by atoms with van der Waals surface area (Å²) in [6.07, 6.45) is 0.667. The molecule has 5 nitrogen and oxygen atoms in total. The summed E-state index contributed by atoms with van der Waals surface area (Å²) < 4.78 is 10.4. The SMILES string of the molecule is CCOC(=O)C1(C(=O)OCC)N[C@@H](C)C[C@H]1c1ccc(C)cc1. The number of hydrogen-bond acceptors (Lipinski definition) is 5. The molecule has 5 heteroatoms. The average Bonchev–Trinajstić information content (AvgIpc) is 2.87. The van der Waals surface area contributed by atoms with Gasteiger partial charge in [0.25, 0.3) is 0 Å². The summed E-state index contributed by atoms with van der Waals surface area (Å²) >= 11 is 0. The van der Waals surface area contributed by atoms with Crippen LogP contribution in [0.3, 0.4) is 0 Å². The van der Waals surface area contributed by atoms with Gasteiger partial charge in [0.05, 0.1) is 13.2 Å². The highest BCUT2D eigenvalue weighted by Gasteiger charge is 2.60. The molecular weight excluding hydrogens is 294 g/mol. The molecule has 2 atom stereocenters. The molecule has 2 rings (SSSR count). The van der Waals surface area contributed by atoms with Crippen LogP contribution in [0.5, 0.6) is 0 Å². The van der Waals surface area contributed by atoms with Crippen molar-refractivity contribution in [2.45, 2.75) is 51.6 Å². The van der Waals surface area contributed by atoms with E-state index in [1.54, 1.807) is 13.8 Å². The fourth-order valence-corrected chi connectivity index (χ4v) is 3.24. The Bertz CT molecular complexity index is 549. The number of aryl methyl sites for hydroxylation is 1. The molecule has 1 aliphatic rings. The van der Waals surface area contributed by atoms with Crippen molar-refractivity contribution in [3.63, 3.8) is 0 Å². The van der Waals surface area contributed by atoms with E-state index in [9.17, 15) is 9.59 Å². The minimum absolute atomic E-state index is 0.00937. The maximum atomic E-state index is 12.7. The van der Waals surface area contributed by atoms with Gasteiger partial charge in [0.15, 0.2) is 0 Å². The van der Waals surface area contributed by atoms with Gasteiger partial charge in [-0.3, -0.25) is 5.32 Å². The Kier molecular flexibility index (Phi) is 5.42. The molecule has 0 aromatic heterocycles. The summed E-state index contributed by atoms with van der Waals surface area (Å²) in [4.78, 5) is 25.4. The van der Waals surface area contributed by atoms with Crippen LogP contribution in [0.15, 0.2) is 24.3 Å². The van der Waals surface area contributed by atoms with Gasteiger partial charge in [-0.15, -0.1) is 0 Å². The van der Waals surface area contributed by atoms with E-state index in [1.165, 1.54) is 0 Å². The predicted molar refractivity (Wildman–Crippen MR) is 87.1 cm³/mol. The molecule has 1 fully saturated rings. The molecule has 0 aliphatic carbocycles. The number of rotatable bonds is 5. The largest absolute Gasteiger partial charge is 0.464 e. The Morgan fingerprint density at radius 3 is 2.13 bits per heavy atom. The average molecular weight is 319 g/mol. The van der Waals surface area contributed by atoms with E-state index < -0.39 is 17.5 Å². The Morgan fingerprint density at radius 2 is 1.65 bits per heavy atom. The first kappa shape index (κ1) is 17.5. The summed E-state index contributed by atoms with van der Waals surface area (Å²) in [6, 6.07) is 7.91. The van der Waals surface area contributed by atoms with Crippen molar-refractivity contribution < 1.29 is 19.1 Å². The lowest BCUT2D eigenvalue weighted by Crippen LogP contribution is -2.60. The van der Waals surface area contributed by atoms with Crippen LogP contribution in [0.1, 0.15) is 44.2 Å². The van der Waals surface area contributed by atoms with Crippen molar-refractivity contribution in [1.82, 2.24) is 5.32 Å². The molecule has 23 heavy (non-hydrogen) atoms. The van der Waals surface area contributed by atoms with E-state index in [0.29, 0.717) is 6.42 Å². The first-order valence-corrected chi connectivity index (χ1v) is 8.14. The van der Waals surface area contributed by atoms with Crippen LogP contribution >= 0.6 is 0 Å². The molecule has 0 unspecified atom stereocenters. The molecule has 0 bridgehead atoms. The summed E-state index contributed by atoms with van der Waals surface area (Å²) in [5.41, 5.74) is 0.597. The molecular formula is C18H25NO4. The third-order valence-corrected chi connectivity index (χ3v) is 4.26. The zero-order valence-electron chi connectivity index (χ0n) is 14.2. The Morgan fingerprint density at radius 1 is 1.13 bits per heavy atom. The number of carbonyl (C=O) groups is 2. The minimum atomic E-state index is -1.47. The first-order valence-electron chi connectivity index (χ1n) is 8.14. The fourth-order valence-electron chi connectivity index (χ4n) is 3.24. The van der Waals surface area contributed by atoms with E-state index in [2.05, 4.69) is 5.32 Å². The molecule has 0 radical (unpaired) electrons. The molecule has 1 aliphatic heterocycles. The summed E-state index contributed by atoms with van der Waals surface area (Å²) in [5.74, 6) is -1.43. The van der Waals surface area contributed by atoms with Crippen LogP contribution in [0.25, 0.3) is 0 Å². The predicted octanol–water partition coefficient (Wildman–Crippen LogP) is 2.33. The lowest BCUT2D eigenvalue weighted by atomic mass is 9.79. The minimum Gasteiger partial charge on any atom is -0.464 e. The smallest absolute Gasteiger partial charge is 0.338 e. The fraction of sp³-hybridized carbons (Fsp3) is 0.556. The monoisotopic (exact) mass is 319 g/mol. The molecule has 0 saturated carbocycles. The number of carbonyl (C=O) groups excluding carboxylic acids is 2. The quantitative estimate of drug-likeness (QED) is 0.666. The highest BCUT2D eigenvalue weighted by Crippen LogP contribution is 2.40. The second-order valence-corrected chi connectivity index (χ2v) is 5.99. The molecule has 1 aromatic rings. The molecule has 1 heterocycles. The van der Waals surface area contributed by atoms with Crippen molar-refractivity contribution in [3.8, 4) is 0 Å². The highest BCUT2D eigenvalue weighted by atomic mass is 16.6. The zero-order valence-corrected chi connectivity index (χ0v) is 14.2. The molecule has 1 aromatic carbocycles. The van der Waals surface area contributed by atoms with E-state index in [-0.39, 0.29) is 25.2 Å². The molecule has 1 N–H and O–H groups in total. The second kappa shape index (κ2) is 7.13. The molecule has 126 valence electrons. The summed E-state index contributed by atoms with van der Waals surface area (Å²) in [7, 11) is 0. The van der Waals surface area contributed by atoms with E-state index in [1.807, 2.05) is 38.1 Å². The van der Waals surface area contributed by atoms with Crippen molar-refractivity contribution in [3.05, 3.63) is 35.4 Å². The van der Waals surface area contributed by atoms with Gasteiger partial charge in [-0.1, -0.05) is 29.8 Å². The standard InChI is InChI=1S/C18H25NO4/c1-5-22-16(20)18(17(21)23-6-2)15(11-13(4)19-18)14-9-7-12(3)8-10-14/h7-10,13,15,19H,5-6,11H2,1-4H3/t13-,15-/m0/s1. The van der Waals surface area contributed by atoms with Gasteiger partial charge in [-0.2, -0.15) is 0 Å². The van der Waals surface area contributed by atoms with Crippen molar-refractivity contribution in [2.75, 3.05) is 13.2 Å². The van der Waals surface area contributed by atoms with Crippen LogP contribution in [-0.2, 0) is 19.1 Å². The molecule has 0 spiro atoms. The lowest BCUT2D eigenvalue weighted by Gasteiger charge is -2.31. The maximum Gasteiger partial charge on any atom is 0.338 e. The summed E-state index contributed by atoms with van der Waals surface area (Å²) in [5, 5.41) is 3.15. The van der Waals surface area contributed by atoms with Crippen LogP contribution < -0.4 is 5.32 Å². The Hall–Kier alpha value is -1.88. The van der Waals surface area contributed by atoms with Gasteiger partial charge in [-0.25, -0.2) is 9.59 Å². The number of benzene rings is 1. The van der Waals surface area contributed by atoms with Crippen LogP contribution in [0.4, 0.5) is 0 Å². The number of hydrogen-bond donors (Lipinski definition) is 1. The Balaban J connectivity index is 2.49. The zero-order chi connectivity index (χ0) is 17.0. The third kappa shape index (κ3) is 3.24. The van der Waals surface area contributed by atoms with Crippen LogP contribution in [0, 0.1) is 6.92 Å². The molecule has 1 saturated heterocycles. The van der Waals surface area contributed by atoms with Gasteiger partial charge in [-0.05, 0) is 39.7 Å². The van der Waals surface area contributed by atoms with Gasteiger partial charge in [0.2, 0.25) is 5.54 Å². The number of nitrogens with one attached hydrogen (secondary N) is 1. The van der Waals surface area contributed by atoms with Crippen molar-refractivity contribution in [1.29, 1.82) is 0 Å². The van der Waals surface area contributed by atoms with Crippen LogP contribution in [-0.4, -0.2) is 36.7 Å². The number of ether oxygens (including phenoxy) is 2. The van der Waals surface area contributed by atoms with E-state index in [0.717, 1.165) is 11.1 Å². The van der Waals surface area contributed by atoms with E-state index in [4.69, 9.17) is 9.47 Å².